The summed E-state index contributed by atoms with van der Waals surface area (Å²) in [5.41, 5.74) is 1.73. The molecule has 0 amide bonds. The molecule has 4 nitrogen and oxygen atoms in total. The second-order valence-electron chi connectivity index (χ2n) is 4.13. The van der Waals surface area contributed by atoms with E-state index in [-0.39, 0.29) is 0 Å². The van der Waals surface area contributed by atoms with Gasteiger partial charge >= 0.3 is 5.97 Å². The lowest BCUT2D eigenvalue weighted by molar-refractivity contribution is -0.131. The maximum atomic E-state index is 10.5. The lowest BCUT2D eigenvalue weighted by Gasteiger charge is -2.11. The van der Waals surface area contributed by atoms with Crippen molar-refractivity contribution < 1.29 is 19.4 Å². The number of aliphatic carboxylic acids is 1. The molecule has 1 aromatic rings. The van der Waals surface area contributed by atoms with Crippen molar-refractivity contribution in [1.82, 2.24) is 0 Å². The molecule has 0 bridgehead atoms. The summed E-state index contributed by atoms with van der Waals surface area (Å²) in [6.07, 6.45) is 3.32. The molecule has 0 radical (unpaired) electrons. The van der Waals surface area contributed by atoms with Crippen LogP contribution in [0.2, 0.25) is 0 Å². The molecule has 0 aliphatic heterocycles. The fourth-order valence-electron chi connectivity index (χ4n) is 1.40. The molecule has 0 aliphatic carbocycles. The van der Waals surface area contributed by atoms with Crippen LogP contribution in [0.3, 0.4) is 0 Å². The Balaban J connectivity index is 2.88. The van der Waals surface area contributed by atoms with Crippen molar-refractivity contribution in [1.29, 1.82) is 0 Å². The Morgan fingerprint density at radius 3 is 2.79 bits per heavy atom. The summed E-state index contributed by atoms with van der Waals surface area (Å²) < 4.78 is 10.8. The van der Waals surface area contributed by atoms with Crippen molar-refractivity contribution in [2.75, 3.05) is 13.7 Å². The van der Waals surface area contributed by atoms with E-state index in [0.29, 0.717) is 23.7 Å². The molecule has 19 heavy (non-hydrogen) atoms. The van der Waals surface area contributed by atoms with Crippen LogP contribution in [0.25, 0.3) is 6.08 Å². The Morgan fingerprint density at radius 2 is 2.21 bits per heavy atom. The van der Waals surface area contributed by atoms with Crippen LogP contribution in [0.5, 0.6) is 11.5 Å². The molecule has 1 rings (SSSR count). The van der Waals surface area contributed by atoms with E-state index in [1.807, 2.05) is 6.92 Å². The Kier molecular flexibility index (Phi) is 5.67. The van der Waals surface area contributed by atoms with Gasteiger partial charge in [0.15, 0.2) is 0 Å². The minimum absolute atomic E-state index is 0.496. The molecule has 0 heterocycles. The predicted octanol–water partition coefficient (Wildman–Crippen LogP) is 3.14. The van der Waals surface area contributed by atoms with Crippen molar-refractivity contribution in [2.24, 2.45) is 0 Å². The normalized spacial score (nSPS) is 10.4. The van der Waals surface area contributed by atoms with Gasteiger partial charge in [-0.2, -0.15) is 0 Å². The molecule has 0 fully saturated rings. The zero-order valence-electron chi connectivity index (χ0n) is 11.2. The Hall–Kier alpha value is -2.23. The standard InChI is InChI=1S/C15H18O4/c1-11(2)8-9-19-14-10-13(18-3)6-4-12(14)5-7-15(16)17/h4-7,10H,1,8-9H2,2-3H3,(H,16,17)/b7-5+. The highest BCUT2D eigenvalue weighted by Gasteiger charge is 2.04. The van der Waals surface area contributed by atoms with Crippen LogP contribution in [0.15, 0.2) is 36.4 Å². The first-order valence-electron chi connectivity index (χ1n) is 5.89. The topological polar surface area (TPSA) is 55.8 Å². The lowest BCUT2D eigenvalue weighted by Crippen LogP contribution is -2.00. The van der Waals surface area contributed by atoms with E-state index in [2.05, 4.69) is 6.58 Å². The van der Waals surface area contributed by atoms with Gasteiger partial charge in [-0.1, -0.05) is 5.57 Å². The third-order valence-electron chi connectivity index (χ3n) is 2.41. The predicted molar refractivity (Wildman–Crippen MR) is 74.6 cm³/mol. The fourth-order valence-corrected chi connectivity index (χ4v) is 1.40. The fraction of sp³-hybridized carbons (Fsp3) is 0.267. The zero-order valence-corrected chi connectivity index (χ0v) is 11.2. The van der Waals surface area contributed by atoms with Crippen LogP contribution >= 0.6 is 0 Å². The second-order valence-corrected chi connectivity index (χ2v) is 4.13. The van der Waals surface area contributed by atoms with Gasteiger partial charge in [0.05, 0.1) is 13.7 Å². The van der Waals surface area contributed by atoms with E-state index in [4.69, 9.17) is 14.6 Å². The van der Waals surface area contributed by atoms with Gasteiger partial charge in [0.1, 0.15) is 11.5 Å². The highest BCUT2D eigenvalue weighted by atomic mass is 16.5. The number of carbonyl (C=O) groups is 1. The molecular weight excluding hydrogens is 244 g/mol. The van der Waals surface area contributed by atoms with Crippen molar-refractivity contribution in [3.05, 3.63) is 42.0 Å². The van der Waals surface area contributed by atoms with Crippen LogP contribution in [0.1, 0.15) is 18.9 Å². The van der Waals surface area contributed by atoms with Crippen molar-refractivity contribution in [3.8, 4) is 11.5 Å². The van der Waals surface area contributed by atoms with E-state index in [0.717, 1.165) is 18.1 Å². The monoisotopic (exact) mass is 262 g/mol. The average molecular weight is 262 g/mol. The second kappa shape index (κ2) is 7.26. The molecule has 102 valence electrons. The smallest absolute Gasteiger partial charge is 0.328 e. The van der Waals surface area contributed by atoms with Crippen LogP contribution in [-0.4, -0.2) is 24.8 Å². The Morgan fingerprint density at radius 1 is 1.47 bits per heavy atom. The Labute approximate surface area is 113 Å². The van der Waals surface area contributed by atoms with E-state index >= 15 is 0 Å². The molecule has 0 atom stereocenters. The largest absolute Gasteiger partial charge is 0.497 e. The lowest BCUT2D eigenvalue weighted by atomic mass is 10.1. The zero-order chi connectivity index (χ0) is 14.3. The van der Waals surface area contributed by atoms with Gasteiger partial charge in [-0.25, -0.2) is 4.79 Å². The van der Waals surface area contributed by atoms with Gasteiger partial charge in [0.25, 0.3) is 0 Å². The van der Waals surface area contributed by atoms with Gasteiger partial charge < -0.3 is 14.6 Å². The minimum atomic E-state index is -0.997. The van der Waals surface area contributed by atoms with Gasteiger partial charge in [-0.15, -0.1) is 6.58 Å². The molecule has 0 aliphatic rings. The number of carboxylic acid groups (broad SMARTS) is 1. The van der Waals surface area contributed by atoms with Crippen molar-refractivity contribution in [2.45, 2.75) is 13.3 Å². The summed E-state index contributed by atoms with van der Waals surface area (Å²) in [7, 11) is 1.57. The van der Waals surface area contributed by atoms with E-state index < -0.39 is 5.97 Å². The van der Waals surface area contributed by atoms with Crippen LogP contribution in [0.4, 0.5) is 0 Å². The number of hydrogen-bond donors (Lipinski definition) is 1. The Bertz CT molecular complexity index is 489. The highest BCUT2D eigenvalue weighted by molar-refractivity contribution is 5.86. The SMILES string of the molecule is C=C(C)CCOc1cc(OC)ccc1/C=C/C(=O)O. The summed E-state index contributed by atoms with van der Waals surface area (Å²) >= 11 is 0. The van der Waals surface area contributed by atoms with Crippen molar-refractivity contribution in [3.63, 3.8) is 0 Å². The maximum absolute atomic E-state index is 10.5. The number of carboxylic acids is 1. The van der Waals surface area contributed by atoms with Gasteiger partial charge in [-0.05, 0) is 25.1 Å². The summed E-state index contributed by atoms with van der Waals surface area (Å²) in [5.74, 6) is 0.264. The summed E-state index contributed by atoms with van der Waals surface area (Å²) in [4.78, 5) is 10.5. The molecular formula is C15H18O4. The highest BCUT2D eigenvalue weighted by Crippen LogP contribution is 2.26. The van der Waals surface area contributed by atoms with E-state index in [9.17, 15) is 4.79 Å². The van der Waals surface area contributed by atoms with Crippen LogP contribution in [0, 0.1) is 0 Å². The molecule has 0 aromatic heterocycles. The molecule has 0 saturated carbocycles. The number of ether oxygens (including phenoxy) is 2. The summed E-state index contributed by atoms with van der Waals surface area (Å²) in [6, 6.07) is 5.25. The minimum Gasteiger partial charge on any atom is -0.497 e. The number of methoxy groups -OCH3 is 1. The summed E-state index contributed by atoms with van der Waals surface area (Å²) in [6.45, 7) is 6.23. The van der Waals surface area contributed by atoms with E-state index in [1.165, 1.54) is 6.08 Å². The quantitative estimate of drug-likeness (QED) is 0.606. The van der Waals surface area contributed by atoms with Crippen molar-refractivity contribution >= 4 is 12.0 Å². The summed E-state index contributed by atoms with van der Waals surface area (Å²) in [5, 5.41) is 8.65. The molecule has 0 saturated heterocycles. The first-order chi connectivity index (χ1) is 9.02. The number of hydrogen-bond acceptors (Lipinski definition) is 3. The van der Waals surface area contributed by atoms with Gasteiger partial charge in [0.2, 0.25) is 0 Å². The maximum Gasteiger partial charge on any atom is 0.328 e. The van der Waals surface area contributed by atoms with Crippen LogP contribution < -0.4 is 9.47 Å². The average Bonchev–Trinajstić information content (AvgIpc) is 2.36. The molecule has 1 N–H and O–H groups in total. The third kappa shape index (κ3) is 5.29. The number of rotatable bonds is 7. The third-order valence-corrected chi connectivity index (χ3v) is 2.41. The molecule has 1 aromatic carbocycles. The van der Waals surface area contributed by atoms with Crippen LogP contribution in [-0.2, 0) is 4.79 Å². The number of benzene rings is 1. The van der Waals surface area contributed by atoms with Gasteiger partial charge in [-0.3, -0.25) is 0 Å². The molecule has 0 unspecified atom stereocenters. The molecule has 0 spiro atoms. The van der Waals surface area contributed by atoms with E-state index in [1.54, 1.807) is 25.3 Å². The molecule has 4 heteroatoms. The first-order valence-corrected chi connectivity index (χ1v) is 5.89. The first kappa shape index (κ1) is 14.8. The van der Waals surface area contributed by atoms with Gasteiger partial charge in [0, 0.05) is 24.1 Å².